The number of benzene rings is 1. The molecule has 0 unspecified atom stereocenters. The van der Waals surface area contributed by atoms with Crippen LogP contribution in [0.5, 0.6) is 5.75 Å². The Balaban J connectivity index is 0.00000144. The van der Waals surface area contributed by atoms with E-state index in [0.717, 1.165) is 15.6 Å². The van der Waals surface area contributed by atoms with Gasteiger partial charge in [0.1, 0.15) is 5.75 Å². The predicted molar refractivity (Wildman–Crippen MR) is 61.8 cm³/mol. The van der Waals surface area contributed by atoms with Crippen LogP contribution in [-0.2, 0) is 0 Å². The van der Waals surface area contributed by atoms with E-state index in [1.54, 1.807) is 0 Å². The summed E-state index contributed by atoms with van der Waals surface area (Å²) in [6.07, 6.45) is 0. The summed E-state index contributed by atoms with van der Waals surface area (Å²) in [6.45, 7) is 6.10. The zero-order valence-electron chi connectivity index (χ0n) is 7.56. The van der Waals surface area contributed by atoms with Crippen molar-refractivity contribution in [1.82, 2.24) is 0 Å². The van der Waals surface area contributed by atoms with Gasteiger partial charge >= 0.3 is 29.6 Å². The molecule has 0 saturated carbocycles. The Bertz CT molecular complexity index is 297. The minimum atomic E-state index is 0. The normalized spacial score (nSPS) is 9.92. The van der Waals surface area contributed by atoms with Crippen LogP contribution in [0, 0.1) is 6.92 Å². The molecule has 0 radical (unpaired) electrons. The molecular formula is C10H14BrNaO. The van der Waals surface area contributed by atoms with Gasteiger partial charge in [-0.05, 0) is 39.9 Å². The van der Waals surface area contributed by atoms with Gasteiger partial charge in [0.2, 0.25) is 0 Å². The maximum atomic E-state index is 9.70. The number of phenols is 1. The quantitative estimate of drug-likeness (QED) is 0.763. The standard InChI is InChI=1S/C10H13BrO.Na.H/c1-6(2)8-5-4-7(3)9(11)10(8)12;;/h4-6,12H,1-3H3;;. The molecule has 0 heterocycles. The van der Waals surface area contributed by atoms with Gasteiger partial charge in [-0.3, -0.25) is 0 Å². The van der Waals surface area contributed by atoms with Crippen molar-refractivity contribution >= 4 is 45.5 Å². The Morgan fingerprint density at radius 1 is 1.31 bits per heavy atom. The molecule has 1 aromatic carbocycles. The zero-order valence-corrected chi connectivity index (χ0v) is 9.14. The molecule has 1 N–H and O–H groups in total. The predicted octanol–water partition coefficient (Wildman–Crippen LogP) is 2.94. The second kappa shape index (κ2) is 5.40. The molecule has 3 heteroatoms. The molecule has 1 nitrogen and oxygen atoms in total. The summed E-state index contributed by atoms with van der Waals surface area (Å²) >= 11 is 3.35. The van der Waals surface area contributed by atoms with E-state index in [-0.39, 0.29) is 29.6 Å². The van der Waals surface area contributed by atoms with Gasteiger partial charge in [0, 0.05) is 0 Å². The van der Waals surface area contributed by atoms with Crippen molar-refractivity contribution in [2.75, 3.05) is 0 Å². The molecule has 13 heavy (non-hydrogen) atoms. The van der Waals surface area contributed by atoms with Crippen LogP contribution >= 0.6 is 15.9 Å². The third-order valence-corrected chi connectivity index (χ3v) is 2.96. The van der Waals surface area contributed by atoms with Gasteiger partial charge < -0.3 is 5.11 Å². The average molecular weight is 253 g/mol. The second-order valence-corrected chi connectivity index (χ2v) is 4.08. The summed E-state index contributed by atoms with van der Waals surface area (Å²) in [5.41, 5.74) is 2.06. The van der Waals surface area contributed by atoms with Crippen LogP contribution in [0.2, 0.25) is 0 Å². The summed E-state index contributed by atoms with van der Waals surface area (Å²) in [5.74, 6) is 0.742. The fraction of sp³-hybridized carbons (Fsp3) is 0.400. The van der Waals surface area contributed by atoms with Gasteiger partial charge in [-0.15, -0.1) is 0 Å². The molecule has 0 atom stereocenters. The first kappa shape index (κ1) is 13.5. The number of halogens is 1. The van der Waals surface area contributed by atoms with Crippen LogP contribution in [0.4, 0.5) is 0 Å². The summed E-state index contributed by atoms with van der Waals surface area (Å²) in [7, 11) is 0. The van der Waals surface area contributed by atoms with Crippen LogP contribution in [-0.4, -0.2) is 34.7 Å². The molecule has 0 bridgehead atoms. The van der Waals surface area contributed by atoms with Crippen LogP contribution in [0.1, 0.15) is 30.9 Å². The zero-order chi connectivity index (χ0) is 9.30. The summed E-state index contributed by atoms with van der Waals surface area (Å²) in [4.78, 5) is 0. The number of phenolic OH excluding ortho intramolecular Hbond substituents is 1. The van der Waals surface area contributed by atoms with Gasteiger partial charge in [-0.1, -0.05) is 26.0 Å². The van der Waals surface area contributed by atoms with E-state index in [9.17, 15) is 5.11 Å². The molecule has 0 saturated heterocycles. The second-order valence-electron chi connectivity index (χ2n) is 3.29. The Morgan fingerprint density at radius 3 is 2.31 bits per heavy atom. The van der Waals surface area contributed by atoms with Crippen molar-refractivity contribution in [3.05, 3.63) is 27.7 Å². The number of hydrogen-bond acceptors (Lipinski definition) is 1. The number of aromatic hydroxyl groups is 1. The fourth-order valence-corrected chi connectivity index (χ4v) is 1.51. The van der Waals surface area contributed by atoms with Gasteiger partial charge in [0.15, 0.2) is 0 Å². The monoisotopic (exact) mass is 252 g/mol. The van der Waals surface area contributed by atoms with Crippen molar-refractivity contribution in [2.24, 2.45) is 0 Å². The van der Waals surface area contributed by atoms with Crippen molar-refractivity contribution in [3.8, 4) is 5.75 Å². The first-order valence-electron chi connectivity index (χ1n) is 4.02. The SMILES string of the molecule is Cc1ccc(C(C)C)c(O)c1Br.[NaH]. The van der Waals surface area contributed by atoms with Gasteiger partial charge in [-0.25, -0.2) is 0 Å². The van der Waals surface area contributed by atoms with E-state index in [4.69, 9.17) is 0 Å². The number of rotatable bonds is 1. The van der Waals surface area contributed by atoms with Crippen LogP contribution < -0.4 is 0 Å². The molecule has 68 valence electrons. The molecule has 1 rings (SSSR count). The molecular weight excluding hydrogens is 239 g/mol. The number of hydrogen-bond donors (Lipinski definition) is 1. The van der Waals surface area contributed by atoms with E-state index in [0.29, 0.717) is 11.7 Å². The third kappa shape index (κ3) is 2.98. The van der Waals surface area contributed by atoms with Gasteiger partial charge in [-0.2, -0.15) is 0 Å². The molecule has 1 aromatic rings. The summed E-state index contributed by atoms with van der Waals surface area (Å²) < 4.78 is 0.814. The van der Waals surface area contributed by atoms with E-state index in [1.807, 2.05) is 19.1 Å². The van der Waals surface area contributed by atoms with Crippen LogP contribution in [0.15, 0.2) is 16.6 Å². The molecule has 0 aliphatic heterocycles. The topological polar surface area (TPSA) is 20.2 Å². The van der Waals surface area contributed by atoms with E-state index < -0.39 is 0 Å². The van der Waals surface area contributed by atoms with Crippen molar-refractivity contribution in [2.45, 2.75) is 26.7 Å². The van der Waals surface area contributed by atoms with E-state index in [1.165, 1.54) is 0 Å². The Kier molecular flexibility index (Phi) is 5.61. The molecule has 0 spiro atoms. The van der Waals surface area contributed by atoms with Gasteiger partial charge in [0.25, 0.3) is 0 Å². The fourth-order valence-electron chi connectivity index (χ4n) is 1.15. The summed E-state index contributed by atoms with van der Waals surface area (Å²) in [6, 6.07) is 3.99. The molecule has 0 aromatic heterocycles. The number of aryl methyl sites for hydroxylation is 1. The molecule has 0 amide bonds. The summed E-state index contributed by atoms with van der Waals surface area (Å²) in [5, 5.41) is 9.70. The third-order valence-electron chi connectivity index (χ3n) is 1.96. The minimum absolute atomic E-state index is 0. The van der Waals surface area contributed by atoms with E-state index in [2.05, 4.69) is 29.8 Å². The van der Waals surface area contributed by atoms with Crippen LogP contribution in [0.3, 0.4) is 0 Å². The van der Waals surface area contributed by atoms with Crippen molar-refractivity contribution < 1.29 is 5.11 Å². The first-order valence-corrected chi connectivity index (χ1v) is 4.81. The van der Waals surface area contributed by atoms with Crippen molar-refractivity contribution in [1.29, 1.82) is 0 Å². The Labute approximate surface area is 110 Å². The van der Waals surface area contributed by atoms with Crippen LogP contribution in [0.25, 0.3) is 0 Å². The Hall–Kier alpha value is 0.500. The van der Waals surface area contributed by atoms with Gasteiger partial charge in [0.05, 0.1) is 4.47 Å². The van der Waals surface area contributed by atoms with Crippen molar-refractivity contribution in [3.63, 3.8) is 0 Å². The molecule has 0 fully saturated rings. The average Bonchev–Trinajstić information content (AvgIpc) is 2.00. The molecule has 0 aliphatic rings. The van der Waals surface area contributed by atoms with E-state index >= 15 is 0 Å². The Morgan fingerprint density at radius 2 is 1.85 bits per heavy atom. The first-order chi connectivity index (χ1) is 5.54. The maximum absolute atomic E-state index is 9.70. The molecule has 0 aliphatic carbocycles.